The van der Waals surface area contributed by atoms with Crippen LogP contribution in [0.2, 0.25) is 0 Å². The van der Waals surface area contributed by atoms with Crippen LogP contribution in [0.25, 0.3) is 0 Å². The van der Waals surface area contributed by atoms with E-state index >= 15 is 0 Å². The number of hydrogen-bond donors (Lipinski definition) is 0. The summed E-state index contributed by atoms with van der Waals surface area (Å²) in [6.07, 6.45) is 6.72. The highest BCUT2D eigenvalue weighted by molar-refractivity contribution is 5.79. The molecule has 6 atom stereocenters. The van der Waals surface area contributed by atoms with Gasteiger partial charge < -0.3 is 9.47 Å². The number of Topliss-reactive ketones (excluding diaryl/α,β-unsaturated/α-hetero) is 1. The lowest BCUT2D eigenvalue weighted by molar-refractivity contribution is -0.144. The van der Waals surface area contributed by atoms with E-state index in [1.807, 2.05) is 6.92 Å². The van der Waals surface area contributed by atoms with E-state index < -0.39 is 0 Å². The molecule has 4 nitrogen and oxygen atoms in total. The molecule has 0 bridgehead atoms. The molecule has 162 valence electrons. The van der Waals surface area contributed by atoms with Crippen LogP contribution in [0.4, 0.5) is 0 Å². The molecule has 0 heterocycles. The number of carbonyl (C=O) groups excluding carboxylic acids is 2. The zero-order valence-electron chi connectivity index (χ0n) is 19.2. The third kappa shape index (κ3) is 4.80. The number of methoxy groups -OCH3 is 1. The van der Waals surface area contributed by atoms with E-state index in [-0.39, 0.29) is 22.7 Å². The highest BCUT2D eigenvalue weighted by Crippen LogP contribution is 2.63. The van der Waals surface area contributed by atoms with E-state index in [0.29, 0.717) is 36.1 Å². The fourth-order valence-corrected chi connectivity index (χ4v) is 6.78. The van der Waals surface area contributed by atoms with Gasteiger partial charge in [0.1, 0.15) is 5.78 Å². The Labute approximate surface area is 172 Å². The van der Waals surface area contributed by atoms with Crippen molar-refractivity contribution < 1.29 is 19.1 Å². The number of ether oxygens (including phenoxy) is 2. The maximum absolute atomic E-state index is 12.9. The Morgan fingerprint density at radius 1 is 1.18 bits per heavy atom. The van der Waals surface area contributed by atoms with Crippen molar-refractivity contribution in [1.29, 1.82) is 0 Å². The van der Waals surface area contributed by atoms with Gasteiger partial charge in [0.2, 0.25) is 0 Å². The molecule has 4 heteroatoms. The Hall–Kier alpha value is -0.900. The summed E-state index contributed by atoms with van der Waals surface area (Å²) in [5.41, 5.74) is 0.326. The van der Waals surface area contributed by atoms with Crippen molar-refractivity contribution in [2.24, 2.45) is 40.4 Å². The minimum Gasteiger partial charge on any atom is -0.466 e. The first-order valence-electron chi connectivity index (χ1n) is 11.2. The van der Waals surface area contributed by atoms with Crippen LogP contribution in [0.5, 0.6) is 0 Å². The maximum atomic E-state index is 12.9. The second-order valence-corrected chi connectivity index (χ2v) is 10.4. The van der Waals surface area contributed by atoms with E-state index in [2.05, 4.69) is 27.7 Å². The number of hydrogen-bond acceptors (Lipinski definition) is 4. The minimum atomic E-state index is -0.199. The first kappa shape index (κ1) is 23.4. The molecule has 2 saturated carbocycles. The van der Waals surface area contributed by atoms with Crippen LogP contribution in [-0.4, -0.2) is 32.1 Å². The second-order valence-electron chi connectivity index (χ2n) is 10.4. The molecule has 0 amide bonds. The smallest absolute Gasteiger partial charge is 0.302 e. The van der Waals surface area contributed by atoms with Crippen molar-refractivity contribution in [2.75, 3.05) is 20.3 Å². The molecule has 0 saturated heterocycles. The summed E-state index contributed by atoms with van der Waals surface area (Å²) < 4.78 is 10.6. The Bertz CT molecular complexity index is 555. The first-order valence-corrected chi connectivity index (χ1v) is 11.2. The molecule has 0 aliphatic heterocycles. The molecule has 3 unspecified atom stereocenters. The Morgan fingerprint density at radius 3 is 2.43 bits per heavy atom. The molecule has 0 aromatic heterocycles. The van der Waals surface area contributed by atoms with Crippen molar-refractivity contribution in [3.63, 3.8) is 0 Å². The molecule has 0 radical (unpaired) electrons. The van der Waals surface area contributed by atoms with Crippen LogP contribution in [0.15, 0.2) is 0 Å². The molecule has 2 fully saturated rings. The van der Waals surface area contributed by atoms with Crippen LogP contribution in [0, 0.1) is 40.4 Å². The van der Waals surface area contributed by atoms with E-state index in [1.54, 1.807) is 7.11 Å². The van der Waals surface area contributed by atoms with Gasteiger partial charge in [0.15, 0.2) is 0 Å². The van der Waals surface area contributed by atoms with Crippen LogP contribution in [0.1, 0.15) is 80.1 Å². The van der Waals surface area contributed by atoms with Crippen LogP contribution < -0.4 is 0 Å². The van der Waals surface area contributed by atoms with Crippen LogP contribution in [0.3, 0.4) is 0 Å². The van der Waals surface area contributed by atoms with Crippen molar-refractivity contribution in [3.8, 4) is 0 Å². The summed E-state index contributed by atoms with van der Waals surface area (Å²) >= 11 is 0. The first-order chi connectivity index (χ1) is 13.0. The Morgan fingerprint density at radius 2 is 1.86 bits per heavy atom. The normalized spacial score (nSPS) is 34.0. The Balaban J connectivity index is 2.19. The van der Waals surface area contributed by atoms with Gasteiger partial charge in [-0.15, -0.1) is 0 Å². The van der Waals surface area contributed by atoms with Gasteiger partial charge in [-0.1, -0.05) is 27.7 Å². The predicted molar refractivity (Wildman–Crippen MR) is 112 cm³/mol. The standard InChI is InChI=1S/C24H42O4/c1-16(15-28-18(3)26)19-9-10-21-22(17(2)25)20(11-13-24(19,21)6)23(4,5)12-8-14-27-7/h16,19-22H,8-15H2,1-7H3/t16-,19-,20?,21?,22?,24-/m1/s1. The van der Waals surface area contributed by atoms with Crippen molar-refractivity contribution in [1.82, 2.24) is 0 Å². The molecule has 28 heavy (non-hydrogen) atoms. The van der Waals surface area contributed by atoms with Gasteiger partial charge in [0.05, 0.1) is 6.61 Å². The summed E-state index contributed by atoms with van der Waals surface area (Å²) in [7, 11) is 1.76. The molecule has 0 spiro atoms. The number of fused-ring (bicyclic) bond motifs is 1. The quantitative estimate of drug-likeness (QED) is 0.394. The predicted octanol–water partition coefficient (Wildman–Crippen LogP) is 5.29. The summed E-state index contributed by atoms with van der Waals surface area (Å²) in [6.45, 7) is 13.9. The lowest BCUT2D eigenvalue weighted by Crippen LogP contribution is -2.49. The fraction of sp³-hybridized carbons (Fsp3) is 0.917. The minimum absolute atomic E-state index is 0.150. The van der Waals surface area contributed by atoms with Gasteiger partial charge in [-0.25, -0.2) is 0 Å². The lowest BCUT2D eigenvalue weighted by atomic mass is 9.51. The SMILES string of the molecule is COCCCC(C)(C)C1CC[C@@]2(C)C(CC[C@@H]2[C@H](C)COC(C)=O)C1C(C)=O. The van der Waals surface area contributed by atoms with Crippen LogP contribution >= 0.6 is 0 Å². The summed E-state index contributed by atoms with van der Waals surface area (Å²) in [5.74, 6) is 2.10. The average Bonchev–Trinajstić information content (AvgIpc) is 2.95. The average molecular weight is 395 g/mol. The van der Waals surface area contributed by atoms with E-state index in [1.165, 1.54) is 13.3 Å². The molecular formula is C24H42O4. The maximum Gasteiger partial charge on any atom is 0.302 e. The van der Waals surface area contributed by atoms with Crippen molar-refractivity contribution >= 4 is 11.8 Å². The highest BCUT2D eigenvalue weighted by Gasteiger charge is 2.57. The van der Waals surface area contributed by atoms with Crippen molar-refractivity contribution in [2.45, 2.75) is 80.1 Å². The molecule has 2 rings (SSSR count). The molecular weight excluding hydrogens is 352 g/mol. The summed E-state index contributed by atoms with van der Waals surface area (Å²) in [6, 6.07) is 0. The van der Waals surface area contributed by atoms with E-state index in [4.69, 9.17) is 9.47 Å². The number of esters is 1. The second kappa shape index (κ2) is 9.28. The van der Waals surface area contributed by atoms with Crippen molar-refractivity contribution in [3.05, 3.63) is 0 Å². The van der Waals surface area contributed by atoms with Gasteiger partial charge in [0, 0.05) is 26.6 Å². The zero-order chi connectivity index (χ0) is 21.1. The van der Waals surface area contributed by atoms with E-state index in [9.17, 15) is 9.59 Å². The summed E-state index contributed by atoms with van der Waals surface area (Å²) in [5, 5.41) is 0. The fourth-order valence-electron chi connectivity index (χ4n) is 6.78. The molecule has 2 aliphatic carbocycles. The van der Waals surface area contributed by atoms with Gasteiger partial charge >= 0.3 is 5.97 Å². The number of carbonyl (C=O) groups is 2. The van der Waals surface area contributed by atoms with Gasteiger partial charge in [0.25, 0.3) is 0 Å². The summed E-state index contributed by atoms with van der Waals surface area (Å²) in [4.78, 5) is 24.1. The number of rotatable bonds is 9. The third-order valence-corrected chi connectivity index (χ3v) is 8.22. The topological polar surface area (TPSA) is 52.6 Å². The zero-order valence-corrected chi connectivity index (χ0v) is 19.2. The molecule has 0 aromatic carbocycles. The monoisotopic (exact) mass is 394 g/mol. The van der Waals surface area contributed by atoms with Gasteiger partial charge in [-0.05, 0) is 80.0 Å². The van der Waals surface area contributed by atoms with Crippen LogP contribution in [-0.2, 0) is 19.1 Å². The molecule has 0 N–H and O–H groups in total. The third-order valence-electron chi connectivity index (χ3n) is 8.22. The van der Waals surface area contributed by atoms with Gasteiger partial charge in [-0.2, -0.15) is 0 Å². The number of ketones is 1. The molecule has 0 aromatic rings. The largest absolute Gasteiger partial charge is 0.466 e. The highest BCUT2D eigenvalue weighted by atomic mass is 16.5. The molecule has 2 aliphatic rings. The Kier molecular flexibility index (Phi) is 7.75. The lowest BCUT2D eigenvalue weighted by Gasteiger charge is -2.53. The van der Waals surface area contributed by atoms with E-state index in [0.717, 1.165) is 38.7 Å². The van der Waals surface area contributed by atoms with Gasteiger partial charge in [-0.3, -0.25) is 9.59 Å².